The first kappa shape index (κ1) is 8.54. The molecule has 1 aliphatic rings. The SMILES string of the molecule is CC1CC1C(O)c1ccsc1Cl. The molecule has 1 fully saturated rings. The molecule has 12 heavy (non-hydrogen) atoms. The Hall–Kier alpha value is -0.0500. The van der Waals surface area contributed by atoms with Crippen LogP contribution in [0.5, 0.6) is 0 Å². The van der Waals surface area contributed by atoms with E-state index in [9.17, 15) is 5.11 Å². The minimum absolute atomic E-state index is 0.334. The second kappa shape index (κ2) is 3.02. The van der Waals surface area contributed by atoms with E-state index in [2.05, 4.69) is 6.92 Å². The molecule has 1 nitrogen and oxygen atoms in total. The van der Waals surface area contributed by atoms with Crippen LogP contribution in [0.1, 0.15) is 25.0 Å². The monoisotopic (exact) mass is 202 g/mol. The summed E-state index contributed by atoms with van der Waals surface area (Å²) in [5.74, 6) is 1.10. The Bertz CT molecular complexity index is 284. The van der Waals surface area contributed by atoms with Gasteiger partial charge in [-0.05, 0) is 29.7 Å². The molecule has 0 bridgehead atoms. The van der Waals surface area contributed by atoms with Gasteiger partial charge in [0.05, 0.1) is 10.4 Å². The van der Waals surface area contributed by atoms with Crippen molar-refractivity contribution in [1.82, 2.24) is 0 Å². The summed E-state index contributed by atoms with van der Waals surface area (Å²) in [4.78, 5) is 0. The van der Waals surface area contributed by atoms with Gasteiger partial charge in [-0.25, -0.2) is 0 Å². The quantitative estimate of drug-likeness (QED) is 0.782. The summed E-state index contributed by atoms with van der Waals surface area (Å²) in [5, 5.41) is 11.7. The van der Waals surface area contributed by atoms with Gasteiger partial charge in [0.25, 0.3) is 0 Å². The summed E-state index contributed by atoms with van der Waals surface area (Å²) >= 11 is 7.40. The highest BCUT2D eigenvalue weighted by atomic mass is 35.5. The molecule has 1 aromatic rings. The maximum absolute atomic E-state index is 9.82. The van der Waals surface area contributed by atoms with E-state index in [0.717, 1.165) is 16.3 Å². The fourth-order valence-corrected chi connectivity index (χ4v) is 2.53. The molecule has 66 valence electrons. The van der Waals surface area contributed by atoms with E-state index in [1.807, 2.05) is 11.4 Å². The highest BCUT2D eigenvalue weighted by molar-refractivity contribution is 7.14. The molecule has 1 heterocycles. The number of rotatable bonds is 2. The van der Waals surface area contributed by atoms with Gasteiger partial charge in [-0.2, -0.15) is 0 Å². The lowest BCUT2D eigenvalue weighted by Gasteiger charge is -2.07. The fourth-order valence-electron chi connectivity index (χ4n) is 1.54. The fraction of sp³-hybridized carbons (Fsp3) is 0.556. The van der Waals surface area contributed by atoms with E-state index in [1.165, 1.54) is 11.3 Å². The van der Waals surface area contributed by atoms with E-state index < -0.39 is 0 Å². The first-order valence-corrected chi connectivity index (χ1v) is 5.37. The van der Waals surface area contributed by atoms with Crippen molar-refractivity contribution in [3.8, 4) is 0 Å². The van der Waals surface area contributed by atoms with Gasteiger partial charge in [0, 0.05) is 5.56 Å². The number of aliphatic hydroxyl groups excluding tert-OH is 1. The molecule has 0 radical (unpaired) electrons. The molecule has 1 saturated carbocycles. The van der Waals surface area contributed by atoms with Crippen LogP contribution in [-0.4, -0.2) is 5.11 Å². The van der Waals surface area contributed by atoms with Crippen LogP contribution in [0.15, 0.2) is 11.4 Å². The first-order chi connectivity index (χ1) is 5.70. The summed E-state index contributed by atoms with van der Waals surface area (Å²) in [6.07, 6.45) is 0.798. The topological polar surface area (TPSA) is 20.2 Å². The summed E-state index contributed by atoms with van der Waals surface area (Å²) in [5.41, 5.74) is 0.913. The van der Waals surface area contributed by atoms with Crippen molar-refractivity contribution in [3.63, 3.8) is 0 Å². The van der Waals surface area contributed by atoms with Gasteiger partial charge >= 0.3 is 0 Å². The Kier molecular flexibility index (Phi) is 2.15. The minimum Gasteiger partial charge on any atom is -0.388 e. The number of thiophene rings is 1. The first-order valence-electron chi connectivity index (χ1n) is 4.11. The van der Waals surface area contributed by atoms with Gasteiger partial charge in [0.2, 0.25) is 0 Å². The number of hydrogen-bond acceptors (Lipinski definition) is 2. The van der Waals surface area contributed by atoms with Gasteiger partial charge in [0.1, 0.15) is 0 Å². The molecular weight excluding hydrogens is 192 g/mol. The molecule has 2 rings (SSSR count). The smallest absolute Gasteiger partial charge is 0.0986 e. The lowest BCUT2D eigenvalue weighted by Crippen LogP contribution is -1.99. The standard InChI is InChI=1S/C9H11ClOS/c1-5-4-7(5)8(11)6-2-3-12-9(6)10/h2-3,5,7-8,11H,4H2,1H3. The van der Waals surface area contributed by atoms with Crippen molar-refractivity contribution in [2.45, 2.75) is 19.4 Å². The van der Waals surface area contributed by atoms with Crippen molar-refractivity contribution in [2.75, 3.05) is 0 Å². The molecule has 0 aromatic carbocycles. The van der Waals surface area contributed by atoms with E-state index in [1.54, 1.807) is 0 Å². The molecule has 0 aliphatic heterocycles. The Balaban J connectivity index is 2.14. The Labute approximate surface area is 81.0 Å². The van der Waals surface area contributed by atoms with Crippen LogP contribution in [0, 0.1) is 11.8 Å². The van der Waals surface area contributed by atoms with Crippen LogP contribution in [0.3, 0.4) is 0 Å². The molecule has 1 aliphatic carbocycles. The minimum atomic E-state index is -0.334. The predicted octanol–water partition coefficient (Wildman–Crippen LogP) is 3.09. The van der Waals surface area contributed by atoms with Crippen molar-refractivity contribution < 1.29 is 5.11 Å². The van der Waals surface area contributed by atoms with Gasteiger partial charge in [-0.1, -0.05) is 18.5 Å². The molecular formula is C9H11ClOS. The van der Waals surface area contributed by atoms with E-state index >= 15 is 0 Å². The molecule has 3 atom stereocenters. The molecule has 3 unspecified atom stereocenters. The van der Waals surface area contributed by atoms with Crippen LogP contribution in [-0.2, 0) is 0 Å². The zero-order valence-corrected chi connectivity index (χ0v) is 8.40. The summed E-state index contributed by atoms with van der Waals surface area (Å²) in [6.45, 7) is 2.16. The normalized spacial score (nSPS) is 30.2. The maximum Gasteiger partial charge on any atom is 0.0986 e. The molecule has 0 saturated heterocycles. The molecule has 1 aromatic heterocycles. The van der Waals surface area contributed by atoms with Crippen molar-refractivity contribution in [1.29, 1.82) is 0 Å². The third-order valence-corrected chi connectivity index (χ3v) is 3.74. The van der Waals surface area contributed by atoms with Gasteiger partial charge in [-0.3, -0.25) is 0 Å². The van der Waals surface area contributed by atoms with Gasteiger partial charge in [0.15, 0.2) is 0 Å². The van der Waals surface area contributed by atoms with E-state index in [4.69, 9.17) is 11.6 Å². The maximum atomic E-state index is 9.82. The molecule has 3 heteroatoms. The second-order valence-electron chi connectivity index (χ2n) is 3.47. The Morgan fingerprint density at radius 1 is 1.75 bits per heavy atom. The van der Waals surface area contributed by atoms with Crippen LogP contribution in [0.4, 0.5) is 0 Å². The van der Waals surface area contributed by atoms with E-state index in [-0.39, 0.29) is 6.10 Å². The highest BCUT2D eigenvalue weighted by Gasteiger charge is 2.40. The van der Waals surface area contributed by atoms with E-state index in [0.29, 0.717) is 11.8 Å². The third-order valence-electron chi connectivity index (χ3n) is 2.54. The average molecular weight is 203 g/mol. The van der Waals surface area contributed by atoms with Crippen LogP contribution in [0.25, 0.3) is 0 Å². The Morgan fingerprint density at radius 2 is 2.42 bits per heavy atom. The van der Waals surface area contributed by atoms with Crippen LogP contribution < -0.4 is 0 Å². The van der Waals surface area contributed by atoms with Crippen molar-refractivity contribution >= 4 is 22.9 Å². The second-order valence-corrected chi connectivity index (χ2v) is 4.99. The number of aliphatic hydroxyl groups is 1. The van der Waals surface area contributed by atoms with Crippen LogP contribution >= 0.6 is 22.9 Å². The van der Waals surface area contributed by atoms with Gasteiger partial charge < -0.3 is 5.11 Å². The third kappa shape index (κ3) is 1.39. The lowest BCUT2D eigenvalue weighted by molar-refractivity contribution is 0.149. The largest absolute Gasteiger partial charge is 0.388 e. The predicted molar refractivity (Wildman–Crippen MR) is 51.6 cm³/mol. The van der Waals surface area contributed by atoms with Crippen molar-refractivity contribution in [2.24, 2.45) is 11.8 Å². The van der Waals surface area contributed by atoms with Crippen LogP contribution in [0.2, 0.25) is 4.34 Å². The average Bonchev–Trinajstić information content (AvgIpc) is 2.59. The highest BCUT2D eigenvalue weighted by Crippen LogP contribution is 2.48. The summed E-state index contributed by atoms with van der Waals surface area (Å²) in [7, 11) is 0. The molecule has 1 N–H and O–H groups in total. The summed E-state index contributed by atoms with van der Waals surface area (Å²) < 4.78 is 0.738. The summed E-state index contributed by atoms with van der Waals surface area (Å²) in [6, 6.07) is 1.92. The number of hydrogen-bond donors (Lipinski definition) is 1. The molecule has 0 amide bonds. The number of halogens is 1. The zero-order chi connectivity index (χ0) is 8.72. The molecule has 0 spiro atoms. The Morgan fingerprint density at radius 3 is 2.83 bits per heavy atom. The lowest BCUT2D eigenvalue weighted by atomic mass is 10.1. The van der Waals surface area contributed by atoms with Gasteiger partial charge in [-0.15, -0.1) is 11.3 Å². The zero-order valence-electron chi connectivity index (χ0n) is 6.83. The van der Waals surface area contributed by atoms with Crippen molar-refractivity contribution in [3.05, 3.63) is 21.3 Å².